The number of amides is 2. The first-order chi connectivity index (χ1) is 14.0. The average molecular weight is 398 g/mol. The predicted molar refractivity (Wildman–Crippen MR) is 99.1 cm³/mol. The normalized spacial score (nSPS) is 16.3. The van der Waals surface area contributed by atoms with Crippen LogP contribution in [0.15, 0.2) is 52.9 Å². The molecule has 1 atom stereocenters. The highest BCUT2D eigenvalue weighted by molar-refractivity contribution is 5.96. The Morgan fingerprint density at radius 1 is 1.07 bits per heavy atom. The number of rotatable bonds is 5. The van der Waals surface area contributed by atoms with Crippen LogP contribution in [0.2, 0.25) is 0 Å². The van der Waals surface area contributed by atoms with E-state index in [1.165, 1.54) is 53.4 Å². The van der Waals surface area contributed by atoms with Gasteiger partial charge in [-0.15, -0.1) is 5.10 Å². The van der Waals surface area contributed by atoms with Gasteiger partial charge in [0.2, 0.25) is 17.7 Å². The molecule has 0 bridgehead atoms. The number of nitrogens with zero attached hydrogens (tertiary/aromatic N) is 3. The highest BCUT2D eigenvalue weighted by Crippen LogP contribution is 2.31. The van der Waals surface area contributed by atoms with E-state index < -0.39 is 0 Å². The molecule has 7 nitrogen and oxygen atoms in total. The average Bonchev–Trinajstić information content (AvgIpc) is 3.31. The summed E-state index contributed by atoms with van der Waals surface area (Å²) in [6.07, 6.45) is 0.195. The van der Waals surface area contributed by atoms with Gasteiger partial charge in [0.1, 0.15) is 11.6 Å². The zero-order chi connectivity index (χ0) is 20.4. The standard InChI is InChI=1S/C20H16F2N4O3/c21-14-3-1-12(2-4-14)9-17(27)23-20-25-24-19(29-20)13-10-18(28)26(11-13)16-7-5-15(22)6-8-16/h1-8,13H,9-11H2,(H,23,25,27). The first-order valence-electron chi connectivity index (χ1n) is 8.91. The van der Waals surface area contributed by atoms with Crippen LogP contribution in [0.25, 0.3) is 0 Å². The van der Waals surface area contributed by atoms with Crippen molar-refractivity contribution in [2.24, 2.45) is 0 Å². The van der Waals surface area contributed by atoms with Crippen molar-refractivity contribution in [3.8, 4) is 0 Å². The number of nitrogens with one attached hydrogen (secondary N) is 1. The van der Waals surface area contributed by atoms with Crippen molar-refractivity contribution in [1.29, 1.82) is 0 Å². The molecule has 4 rings (SSSR count). The molecule has 9 heteroatoms. The van der Waals surface area contributed by atoms with Crippen molar-refractivity contribution < 1.29 is 22.8 Å². The summed E-state index contributed by atoms with van der Waals surface area (Å²) in [5.41, 5.74) is 1.23. The Hall–Kier alpha value is -3.62. The van der Waals surface area contributed by atoms with E-state index in [-0.39, 0.29) is 54.1 Å². The number of carbonyl (C=O) groups is 2. The molecule has 1 N–H and O–H groups in total. The fraction of sp³-hybridized carbons (Fsp3) is 0.200. The molecule has 2 amide bonds. The van der Waals surface area contributed by atoms with Crippen LogP contribution in [-0.2, 0) is 16.0 Å². The van der Waals surface area contributed by atoms with Gasteiger partial charge in [0.25, 0.3) is 0 Å². The number of carbonyl (C=O) groups excluding carboxylic acids is 2. The highest BCUT2D eigenvalue weighted by Gasteiger charge is 2.35. The second-order valence-electron chi connectivity index (χ2n) is 6.68. The Balaban J connectivity index is 1.38. The van der Waals surface area contributed by atoms with E-state index in [9.17, 15) is 18.4 Å². The summed E-state index contributed by atoms with van der Waals surface area (Å²) in [6.45, 7) is 0.315. The number of benzene rings is 2. The third-order valence-corrected chi connectivity index (χ3v) is 4.58. The van der Waals surface area contributed by atoms with Gasteiger partial charge in [-0.2, -0.15) is 0 Å². The number of halogens is 2. The molecule has 0 saturated carbocycles. The van der Waals surface area contributed by atoms with E-state index in [1.807, 2.05) is 0 Å². The molecule has 2 heterocycles. The lowest BCUT2D eigenvalue weighted by Crippen LogP contribution is -2.24. The maximum atomic E-state index is 13.1. The molecule has 148 valence electrons. The van der Waals surface area contributed by atoms with Crippen molar-refractivity contribution >= 4 is 23.5 Å². The number of anilines is 2. The Morgan fingerprint density at radius 3 is 2.41 bits per heavy atom. The lowest BCUT2D eigenvalue weighted by molar-refractivity contribution is -0.117. The zero-order valence-electron chi connectivity index (χ0n) is 15.1. The van der Waals surface area contributed by atoms with Crippen molar-refractivity contribution in [1.82, 2.24) is 10.2 Å². The third-order valence-electron chi connectivity index (χ3n) is 4.58. The van der Waals surface area contributed by atoms with E-state index in [1.54, 1.807) is 0 Å². The minimum absolute atomic E-state index is 0.0260. The first kappa shape index (κ1) is 18.7. The van der Waals surface area contributed by atoms with E-state index in [0.717, 1.165) is 0 Å². The van der Waals surface area contributed by atoms with Crippen molar-refractivity contribution in [2.75, 3.05) is 16.8 Å². The molecule has 3 aromatic rings. The molecular formula is C20H16F2N4O3. The summed E-state index contributed by atoms with van der Waals surface area (Å²) >= 11 is 0. The van der Waals surface area contributed by atoms with Crippen LogP contribution < -0.4 is 10.2 Å². The fourth-order valence-electron chi connectivity index (χ4n) is 3.14. The minimum Gasteiger partial charge on any atom is -0.407 e. The molecule has 29 heavy (non-hydrogen) atoms. The van der Waals surface area contributed by atoms with Crippen molar-refractivity contribution in [2.45, 2.75) is 18.8 Å². The highest BCUT2D eigenvalue weighted by atomic mass is 19.1. The second-order valence-corrected chi connectivity index (χ2v) is 6.68. The largest absolute Gasteiger partial charge is 0.407 e. The molecule has 2 aromatic carbocycles. The summed E-state index contributed by atoms with van der Waals surface area (Å²) in [5.74, 6) is -1.38. The summed E-state index contributed by atoms with van der Waals surface area (Å²) in [7, 11) is 0. The first-order valence-corrected chi connectivity index (χ1v) is 8.91. The van der Waals surface area contributed by atoms with Gasteiger partial charge in [-0.3, -0.25) is 14.9 Å². The number of aromatic nitrogens is 2. The van der Waals surface area contributed by atoms with Gasteiger partial charge in [-0.05, 0) is 42.0 Å². The molecule has 0 aliphatic carbocycles. The summed E-state index contributed by atoms with van der Waals surface area (Å²) < 4.78 is 31.5. The molecular weight excluding hydrogens is 382 g/mol. The Morgan fingerprint density at radius 2 is 1.72 bits per heavy atom. The SMILES string of the molecule is O=C(Cc1ccc(F)cc1)Nc1nnc(C2CC(=O)N(c3ccc(F)cc3)C2)o1. The molecule has 1 aliphatic heterocycles. The van der Waals surface area contributed by atoms with Crippen LogP contribution in [0.5, 0.6) is 0 Å². The van der Waals surface area contributed by atoms with Gasteiger partial charge in [0.05, 0.1) is 12.3 Å². The van der Waals surface area contributed by atoms with Gasteiger partial charge in [0, 0.05) is 18.7 Å². The minimum atomic E-state index is -0.387. The maximum Gasteiger partial charge on any atom is 0.322 e. The van der Waals surface area contributed by atoms with E-state index in [2.05, 4.69) is 15.5 Å². The molecule has 1 aliphatic rings. The lowest BCUT2D eigenvalue weighted by atomic mass is 10.1. The van der Waals surface area contributed by atoms with Crippen LogP contribution >= 0.6 is 0 Å². The predicted octanol–water partition coefficient (Wildman–Crippen LogP) is 3.05. The van der Waals surface area contributed by atoms with E-state index in [4.69, 9.17) is 4.42 Å². The molecule has 0 radical (unpaired) electrons. The van der Waals surface area contributed by atoms with Gasteiger partial charge in [-0.1, -0.05) is 17.2 Å². The van der Waals surface area contributed by atoms with E-state index >= 15 is 0 Å². The van der Waals surface area contributed by atoms with Gasteiger partial charge >= 0.3 is 6.01 Å². The van der Waals surface area contributed by atoms with Crippen molar-refractivity contribution in [3.63, 3.8) is 0 Å². The lowest BCUT2D eigenvalue weighted by Gasteiger charge is -2.15. The van der Waals surface area contributed by atoms with Crippen LogP contribution in [0.3, 0.4) is 0 Å². The van der Waals surface area contributed by atoms with Gasteiger partial charge in [-0.25, -0.2) is 8.78 Å². The van der Waals surface area contributed by atoms with Crippen LogP contribution in [0.1, 0.15) is 23.8 Å². The maximum absolute atomic E-state index is 13.1. The number of hydrogen-bond acceptors (Lipinski definition) is 5. The molecule has 1 unspecified atom stereocenters. The number of hydrogen-bond donors (Lipinski definition) is 1. The fourth-order valence-corrected chi connectivity index (χ4v) is 3.14. The summed E-state index contributed by atoms with van der Waals surface area (Å²) in [5, 5.41) is 10.2. The second kappa shape index (κ2) is 7.78. The third kappa shape index (κ3) is 4.29. The van der Waals surface area contributed by atoms with Crippen LogP contribution in [-0.4, -0.2) is 28.6 Å². The molecule has 1 aromatic heterocycles. The topological polar surface area (TPSA) is 88.3 Å². The summed E-state index contributed by atoms with van der Waals surface area (Å²) in [4.78, 5) is 25.9. The van der Waals surface area contributed by atoms with Gasteiger partial charge in [0.15, 0.2) is 0 Å². The van der Waals surface area contributed by atoms with E-state index in [0.29, 0.717) is 17.8 Å². The van der Waals surface area contributed by atoms with Gasteiger partial charge < -0.3 is 9.32 Å². The quantitative estimate of drug-likeness (QED) is 0.714. The van der Waals surface area contributed by atoms with Crippen molar-refractivity contribution in [3.05, 3.63) is 71.6 Å². The Bertz CT molecular complexity index is 1030. The monoisotopic (exact) mass is 398 g/mol. The summed E-state index contributed by atoms with van der Waals surface area (Å²) in [6, 6.07) is 11.2. The van der Waals surface area contributed by atoms with Crippen LogP contribution in [0, 0.1) is 11.6 Å². The van der Waals surface area contributed by atoms with Crippen LogP contribution in [0.4, 0.5) is 20.5 Å². The molecule has 1 fully saturated rings. The molecule has 1 saturated heterocycles. The molecule has 0 spiro atoms. The Kier molecular flexibility index (Phi) is 5.03. The smallest absolute Gasteiger partial charge is 0.322 e. The zero-order valence-corrected chi connectivity index (χ0v) is 15.1. The Labute approximate surface area is 164 Å².